The largest absolute Gasteiger partial charge is 0.490 e. The second-order valence-corrected chi connectivity index (χ2v) is 10.4. The molecule has 5 rings (SSSR count). The van der Waals surface area contributed by atoms with Gasteiger partial charge < -0.3 is 19.1 Å². The van der Waals surface area contributed by atoms with Crippen LogP contribution in [0.15, 0.2) is 58.9 Å². The molecule has 8 heteroatoms. The summed E-state index contributed by atoms with van der Waals surface area (Å²) in [4.78, 5) is 29.2. The summed E-state index contributed by atoms with van der Waals surface area (Å²) in [5.41, 5.74) is 4.89. The third-order valence-electron chi connectivity index (χ3n) is 7.57. The van der Waals surface area contributed by atoms with Crippen molar-refractivity contribution in [3.05, 3.63) is 80.9 Å². The Morgan fingerprint density at radius 2 is 1.59 bits per heavy atom. The smallest absolute Gasteiger partial charge is 0.180 e. The number of carbonyl (C=O) groups excluding carboxylic acids is 2. The Kier molecular flexibility index (Phi) is 8.38. The summed E-state index contributed by atoms with van der Waals surface area (Å²) in [6.45, 7) is 3.53. The van der Waals surface area contributed by atoms with Gasteiger partial charge in [-0.3, -0.25) is 9.59 Å². The monoisotopic (exact) mass is 553 g/mol. The van der Waals surface area contributed by atoms with Gasteiger partial charge in [0.05, 0.1) is 18.2 Å². The first kappa shape index (κ1) is 27.4. The molecule has 0 unspecified atom stereocenters. The maximum atomic E-state index is 13.5. The SMILES string of the molecule is CCOc1cc(C2C3=C(CCCC3=O)N(CCOC)C3=C2C(=O)CCC3)cc(Cl)c1OCc1ccc(F)cc1. The second kappa shape index (κ2) is 11.9. The molecule has 0 saturated heterocycles. The van der Waals surface area contributed by atoms with Crippen molar-refractivity contribution in [1.82, 2.24) is 4.90 Å². The molecule has 1 heterocycles. The lowest BCUT2D eigenvalue weighted by atomic mass is 9.71. The van der Waals surface area contributed by atoms with E-state index in [0.717, 1.165) is 48.2 Å². The number of rotatable bonds is 9. The summed E-state index contributed by atoms with van der Waals surface area (Å²) in [6.07, 6.45) is 4.02. The Bertz CT molecular complexity index is 1290. The number of benzene rings is 2. The van der Waals surface area contributed by atoms with Crippen LogP contribution in [0.1, 0.15) is 62.5 Å². The van der Waals surface area contributed by atoms with Gasteiger partial charge in [-0.2, -0.15) is 0 Å². The maximum Gasteiger partial charge on any atom is 0.180 e. The van der Waals surface area contributed by atoms with Crippen molar-refractivity contribution >= 4 is 23.2 Å². The molecule has 0 amide bonds. The van der Waals surface area contributed by atoms with E-state index >= 15 is 0 Å². The van der Waals surface area contributed by atoms with Gasteiger partial charge in [-0.15, -0.1) is 0 Å². The Morgan fingerprint density at radius 1 is 0.949 bits per heavy atom. The highest BCUT2D eigenvalue weighted by atomic mass is 35.5. The molecule has 2 aromatic carbocycles. The zero-order chi connectivity index (χ0) is 27.5. The maximum absolute atomic E-state index is 13.5. The van der Waals surface area contributed by atoms with E-state index in [-0.39, 0.29) is 24.0 Å². The average molecular weight is 554 g/mol. The van der Waals surface area contributed by atoms with Crippen LogP contribution in [0.4, 0.5) is 4.39 Å². The zero-order valence-corrected chi connectivity index (χ0v) is 23.1. The van der Waals surface area contributed by atoms with Crippen LogP contribution in [0.5, 0.6) is 11.5 Å². The molecule has 2 aliphatic carbocycles. The van der Waals surface area contributed by atoms with Crippen LogP contribution in [-0.4, -0.2) is 43.3 Å². The summed E-state index contributed by atoms with van der Waals surface area (Å²) in [5, 5.41) is 0.329. The number of ether oxygens (including phenoxy) is 3. The average Bonchev–Trinajstić information content (AvgIpc) is 2.92. The fraction of sp³-hybridized carbons (Fsp3) is 0.419. The molecule has 39 heavy (non-hydrogen) atoms. The lowest BCUT2D eigenvalue weighted by Gasteiger charge is -2.44. The van der Waals surface area contributed by atoms with Crippen molar-refractivity contribution in [2.45, 2.75) is 58.0 Å². The molecular formula is C31H33ClFNO5. The van der Waals surface area contributed by atoms with Gasteiger partial charge in [0, 0.05) is 55.0 Å². The van der Waals surface area contributed by atoms with E-state index in [1.807, 2.05) is 13.0 Å². The van der Waals surface area contributed by atoms with Crippen LogP contribution >= 0.6 is 11.6 Å². The molecule has 6 nitrogen and oxygen atoms in total. The van der Waals surface area contributed by atoms with E-state index in [1.54, 1.807) is 25.3 Å². The van der Waals surface area contributed by atoms with E-state index in [2.05, 4.69) is 4.90 Å². The minimum absolute atomic E-state index is 0.0688. The third-order valence-corrected chi connectivity index (χ3v) is 7.85. The fourth-order valence-electron chi connectivity index (χ4n) is 5.90. The molecule has 0 aromatic heterocycles. The highest BCUT2D eigenvalue weighted by Crippen LogP contribution is 2.51. The van der Waals surface area contributed by atoms with Gasteiger partial charge in [0.15, 0.2) is 23.1 Å². The number of nitrogens with zero attached hydrogens (tertiary/aromatic N) is 1. The Hall–Kier alpha value is -3.16. The van der Waals surface area contributed by atoms with Crippen LogP contribution < -0.4 is 9.47 Å². The minimum atomic E-state index is -0.503. The molecular weight excluding hydrogens is 521 g/mol. The number of hydrogen-bond acceptors (Lipinski definition) is 6. The highest BCUT2D eigenvalue weighted by Gasteiger charge is 2.43. The summed E-state index contributed by atoms with van der Waals surface area (Å²) < 4.78 is 30.7. The summed E-state index contributed by atoms with van der Waals surface area (Å²) in [6, 6.07) is 9.71. The molecule has 0 bridgehead atoms. The van der Waals surface area contributed by atoms with Crippen LogP contribution in [0.2, 0.25) is 5.02 Å². The zero-order valence-electron chi connectivity index (χ0n) is 22.4. The first-order valence-corrected chi connectivity index (χ1v) is 13.9. The van der Waals surface area contributed by atoms with Crippen LogP contribution in [0, 0.1) is 5.82 Å². The fourth-order valence-corrected chi connectivity index (χ4v) is 6.17. The summed E-state index contributed by atoms with van der Waals surface area (Å²) in [5.74, 6) is 0.134. The Morgan fingerprint density at radius 3 is 2.18 bits per heavy atom. The topological polar surface area (TPSA) is 65.1 Å². The number of allylic oxidation sites excluding steroid dienone is 4. The first-order chi connectivity index (χ1) is 18.9. The molecule has 0 fully saturated rings. The Balaban J connectivity index is 1.60. The molecule has 3 aliphatic rings. The number of carbonyl (C=O) groups is 2. The molecule has 0 saturated carbocycles. The first-order valence-electron chi connectivity index (χ1n) is 13.5. The standard InChI is InChI=1S/C31H33ClFNO5/c1-3-38-27-17-20(16-22(32)31(27)39-18-19-10-12-21(33)13-11-19)28-29-23(6-4-8-25(29)35)34(14-15-37-2)24-7-5-9-26(36)30(24)28/h10-13,16-17,28H,3-9,14-15,18H2,1-2H3. The van der Waals surface area contributed by atoms with Crippen molar-refractivity contribution in [2.75, 3.05) is 26.9 Å². The second-order valence-electron chi connectivity index (χ2n) is 10.0. The molecule has 206 valence electrons. The predicted molar refractivity (Wildman–Crippen MR) is 146 cm³/mol. The minimum Gasteiger partial charge on any atom is -0.490 e. The number of methoxy groups -OCH3 is 1. The number of hydrogen-bond donors (Lipinski definition) is 0. The van der Waals surface area contributed by atoms with Crippen molar-refractivity contribution in [3.63, 3.8) is 0 Å². The molecule has 0 N–H and O–H groups in total. The third kappa shape index (κ3) is 5.48. The number of halogens is 2. The number of ketones is 2. The molecule has 2 aromatic rings. The van der Waals surface area contributed by atoms with Crippen molar-refractivity contribution in [2.24, 2.45) is 0 Å². The summed E-state index contributed by atoms with van der Waals surface area (Å²) >= 11 is 6.81. The molecule has 0 spiro atoms. The highest BCUT2D eigenvalue weighted by molar-refractivity contribution is 6.32. The van der Waals surface area contributed by atoms with Crippen molar-refractivity contribution in [1.29, 1.82) is 0 Å². The molecule has 1 aliphatic heterocycles. The van der Waals surface area contributed by atoms with E-state index < -0.39 is 5.92 Å². The van der Waals surface area contributed by atoms with E-state index in [1.165, 1.54) is 12.1 Å². The lowest BCUT2D eigenvalue weighted by molar-refractivity contribution is -0.117. The van der Waals surface area contributed by atoms with Gasteiger partial charge >= 0.3 is 0 Å². The van der Waals surface area contributed by atoms with Crippen LogP contribution in [0.25, 0.3) is 0 Å². The van der Waals surface area contributed by atoms with Gasteiger partial charge in [0.25, 0.3) is 0 Å². The van der Waals surface area contributed by atoms with Crippen molar-refractivity contribution in [3.8, 4) is 11.5 Å². The van der Waals surface area contributed by atoms with E-state index in [4.69, 9.17) is 25.8 Å². The predicted octanol–water partition coefficient (Wildman–Crippen LogP) is 6.52. The normalized spacial score (nSPS) is 17.9. The quantitative estimate of drug-likeness (QED) is 0.352. The van der Waals surface area contributed by atoms with Gasteiger partial charge in [0.2, 0.25) is 0 Å². The van der Waals surface area contributed by atoms with Gasteiger partial charge in [0.1, 0.15) is 12.4 Å². The number of Topliss-reactive ketones (excluding diaryl/α,β-unsaturated/α-hetero) is 2. The molecule has 0 radical (unpaired) electrons. The van der Waals surface area contributed by atoms with E-state index in [0.29, 0.717) is 60.3 Å². The van der Waals surface area contributed by atoms with Gasteiger partial charge in [-0.25, -0.2) is 4.39 Å². The van der Waals surface area contributed by atoms with Crippen LogP contribution in [-0.2, 0) is 20.9 Å². The lowest BCUT2D eigenvalue weighted by Crippen LogP contribution is -2.40. The van der Waals surface area contributed by atoms with Crippen LogP contribution in [0.3, 0.4) is 0 Å². The van der Waals surface area contributed by atoms with Crippen molar-refractivity contribution < 1.29 is 28.2 Å². The van der Waals surface area contributed by atoms with Gasteiger partial charge in [-0.1, -0.05) is 23.7 Å². The van der Waals surface area contributed by atoms with Gasteiger partial charge in [-0.05, 0) is 68.0 Å². The summed E-state index contributed by atoms with van der Waals surface area (Å²) in [7, 11) is 1.66. The Labute approximate surface area is 233 Å². The molecule has 0 atom stereocenters. The van der Waals surface area contributed by atoms with E-state index in [9.17, 15) is 14.0 Å².